The van der Waals surface area contributed by atoms with Gasteiger partial charge in [0.1, 0.15) is 23.5 Å². The van der Waals surface area contributed by atoms with E-state index in [1.165, 1.54) is 19.2 Å². The molecule has 6 nitrogen and oxygen atoms in total. The van der Waals surface area contributed by atoms with Crippen LogP contribution in [0.5, 0.6) is 11.6 Å². The number of nitrogens with two attached hydrogens (primary N) is 1. The molecule has 0 aliphatic rings. The van der Waals surface area contributed by atoms with Crippen LogP contribution in [-0.2, 0) is 0 Å². The van der Waals surface area contributed by atoms with Crippen molar-refractivity contribution in [3.05, 3.63) is 35.4 Å². The van der Waals surface area contributed by atoms with E-state index in [-0.39, 0.29) is 28.6 Å². The number of nitrogens with zero attached hydrogens (tertiary/aromatic N) is 2. The Hall–Kier alpha value is -3.25. The third-order valence-corrected chi connectivity index (χ3v) is 2.83. The maximum atomic E-state index is 9.33. The minimum atomic E-state index is 0.0909. The first kappa shape index (κ1) is 13.2. The molecule has 6 heteroatoms. The number of H-pyrrole nitrogens is 1. The summed E-state index contributed by atoms with van der Waals surface area (Å²) in [7, 11) is 1.40. The van der Waals surface area contributed by atoms with Gasteiger partial charge in [-0.3, -0.25) is 5.73 Å². The zero-order valence-corrected chi connectivity index (χ0v) is 10.6. The number of pyridine rings is 1. The maximum Gasteiger partial charge on any atom is 0.300 e. The van der Waals surface area contributed by atoms with E-state index in [1.807, 2.05) is 12.1 Å². The van der Waals surface area contributed by atoms with Crippen LogP contribution in [0.2, 0.25) is 0 Å². The van der Waals surface area contributed by atoms with Gasteiger partial charge in [-0.05, 0) is 17.7 Å². The largest absolute Gasteiger partial charge is 0.508 e. The molecular weight excluding hydrogens is 256 g/mol. The normalized spacial score (nSPS) is 9.55. The summed E-state index contributed by atoms with van der Waals surface area (Å²) in [6.07, 6.45) is 0. The minimum Gasteiger partial charge on any atom is -0.508 e. The van der Waals surface area contributed by atoms with Crippen molar-refractivity contribution in [3.63, 3.8) is 0 Å². The molecule has 1 aromatic heterocycles. The first-order valence-electron chi connectivity index (χ1n) is 5.64. The van der Waals surface area contributed by atoms with E-state index in [0.717, 1.165) is 0 Å². The summed E-state index contributed by atoms with van der Waals surface area (Å²) in [5.41, 5.74) is 7.10. The SMILES string of the molecule is COc1[nH+]c(N)c(C#N)c(-c2ccc(O)cc2)c1C#N. The van der Waals surface area contributed by atoms with Crippen molar-refractivity contribution >= 4 is 5.82 Å². The first-order chi connectivity index (χ1) is 9.62. The molecule has 2 aromatic rings. The van der Waals surface area contributed by atoms with E-state index in [4.69, 9.17) is 10.5 Å². The minimum absolute atomic E-state index is 0.0909. The number of aromatic hydroxyl groups is 1. The average molecular weight is 267 g/mol. The second-order valence-electron chi connectivity index (χ2n) is 3.97. The van der Waals surface area contributed by atoms with Gasteiger partial charge in [-0.25, -0.2) is 4.98 Å². The second kappa shape index (κ2) is 5.17. The van der Waals surface area contributed by atoms with Crippen LogP contribution >= 0.6 is 0 Å². The number of anilines is 1. The number of aromatic amines is 1. The fourth-order valence-corrected chi connectivity index (χ4v) is 1.91. The highest BCUT2D eigenvalue weighted by molar-refractivity contribution is 5.80. The van der Waals surface area contributed by atoms with Gasteiger partial charge in [0, 0.05) is 5.56 Å². The van der Waals surface area contributed by atoms with Crippen LogP contribution in [-0.4, -0.2) is 12.2 Å². The number of nitriles is 2. The predicted octanol–water partition coefficient (Wildman–Crippen LogP) is 1.21. The van der Waals surface area contributed by atoms with Crippen LogP contribution < -0.4 is 15.5 Å². The van der Waals surface area contributed by atoms with Crippen molar-refractivity contribution in [3.8, 4) is 34.9 Å². The summed E-state index contributed by atoms with van der Waals surface area (Å²) in [5, 5.41) is 27.9. The van der Waals surface area contributed by atoms with Crippen LogP contribution in [0.15, 0.2) is 24.3 Å². The zero-order valence-electron chi connectivity index (χ0n) is 10.6. The molecule has 0 saturated heterocycles. The lowest BCUT2D eigenvalue weighted by molar-refractivity contribution is -0.376. The number of methoxy groups -OCH3 is 1. The number of hydrogen-bond acceptors (Lipinski definition) is 5. The molecule has 0 fully saturated rings. The molecule has 1 heterocycles. The van der Waals surface area contributed by atoms with Crippen molar-refractivity contribution in [2.45, 2.75) is 0 Å². The number of phenolic OH excluding ortho intramolecular Hbond substituents is 1. The van der Waals surface area contributed by atoms with Gasteiger partial charge >= 0.3 is 5.88 Å². The summed E-state index contributed by atoms with van der Waals surface area (Å²) in [5.74, 6) is 0.395. The predicted molar refractivity (Wildman–Crippen MR) is 70.5 cm³/mol. The molecule has 0 radical (unpaired) electrons. The van der Waals surface area contributed by atoms with E-state index in [1.54, 1.807) is 12.1 Å². The van der Waals surface area contributed by atoms with Crippen molar-refractivity contribution in [1.29, 1.82) is 10.5 Å². The third kappa shape index (κ3) is 2.06. The average Bonchev–Trinajstić information content (AvgIpc) is 2.46. The molecule has 20 heavy (non-hydrogen) atoms. The topological polar surface area (TPSA) is 117 Å². The molecule has 0 spiro atoms. The number of benzene rings is 1. The molecular formula is C14H11N4O2+. The van der Waals surface area contributed by atoms with Crippen molar-refractivity contribution in [1.82, 2.24) is 0 Å². The van der Waals surface area contributed by atoms with Crippen LogP contribution in [0, 0.1) is 22.7 Å². The molecule has 0 aliphatic heterocycles. The van der Waals surface area contributed by atoms with Gasteiger partial charge in [0.25, 0.3) is 5.82 Å². The molecule has 98 valence electrons. The Kier molecular flexibility index (Phi) is 3.41. The van der Waals surface area contributed by atoms with Gasteiger partial charge in [0.2, 0.25) is 0 Å². The molecule has 0 amide bonds. The Balaban J connectivity index is 2.85. The van der Waals surface area contributed by atoms with Crippen LogP contribution in [0.1, 0.15) is 11.1 Å². The summed E-state index contributed by atoms with van der Waals surface area (Å²) >= 11 is 0. The van der Waals surface area contributed by atoms with E-state index >= 15 is 0 Å². The lowest BCUT2D eigenvalue weighted by Gasteiger charge is -2.09. The van der Waals surface area contributed by atoms with E-state index in [2.05, 4.69) is 4.98 Å². The Morgan fingerprint density at radius 2 is 1.75 bits per heavy atom. The number of phenols is 1. The van der Waals surface area contributed by atoms with Gasteiger partial charge in [-0.2, -0.15) is 10.5 Å². The fraction of sp³-hybridized carbons (Fsp3) is 0.0714. The summed E-state index contributed by atoms with van der Waals surface area (Å²) in [6.45, 7) is 0. The van der Waals surface area contributed by atoms with Crippen molar-refractivity contribution in [2.24, 2.45) is 0 Å². The Bertz CT molecular complexity index is 740. The highest BCUT2D eigenvalue weighted by Crippen LogP contribution is 2.33. The molecule has 0 unspecified atom stereocenters. The van der Waals surface area contributed by atoms with Gasteiger partial charge in [-0.1, -0.05) is 12.1 Å². The highest BCUT2D eigenvalue weighted by Gasteiger charge is 2.23. The zero-order chi connectivity index (χ0) is 14.7. The first-order valence-corrected chi connectivity index (χ1v) is 5.64. The lowest BCUT2D eigenvalue weighted by Crippen LogP contribution is -2.18. The number of aromatic nitrogens is 1. The van der Waals surface area contributed by atoms with E-state index < -0.39 is 0 Å². The standard InChI is InChI=1S/C14H10N4O2/c1-20-14-11(7-16)12(10(6-15)13(17)18-14)8-2-4-9(19)5-3-8/h2-5,19H,1H3,(H2,17,18)/p+1. The second-order valence-corrected chi connectivity index (χ2v) is 3.97. The van der Waals surface area contributed by atoms with Crippen LogP contribution in [0.4, 0.5) is 5.82 Å². The third-order valence-electron chi connectivity index (χ3n) is 2.83. The summed E-state index contributed by atoms with van der Waals surface area (Å²) < 4.78 is 5.09. The molecule has 0 aliphatic carbocycles. The monoisotopic (exact) mass is 267 g/mol. The maximum absolute atomic E-state index is 9.33. The van der Waals surface area contributed by atoms with Gasteiger partial charge < -0.3 is 9.84 Å². The molecule has 4 N–H and O–H groups in total. The quantitative estimate of drug-likeness (QED) is 0.847. The molecule has 0 bridgehead atoms. The fourth-order valence-electron chi connectivity index (χ4n) is 1.91. The Morgan fingerprint density at radius 3 is 2.25 bits per heavy atom. The van der Waals surface area contributed by atoms with Gasteiger partial charge in [0.15, 0.2) is 5.56 Å². The highest BCUT2D eigenvalue weighted by atomic mass is 16.5. The smallest absolute Gasteiger partial charge is 0.300 e. The van der Waals surface area contributed by atoms with Crippen molar-refractivity contribution in [2.75, 3.05) is 12.8 Å². The molecule has 0 atom stereocenters. The van der Waals surface area contributed by atoms with E-state index in [0.29, 0.717) is 11.1 Å². The number of ether oxygens (including phenoxy) is 1. The number of nitrogens with one attached hydrogen (secondary N) is 1. The Morgan fingerprint density at radius 1 is 1.15 bits per heavy atom. The van der Waals surface area contributed by atoms with Gasteiger partial charge in [0.05, 0.1) is 7.11 Å². The summed E-state index contributed by atoms with van der Waals surface area (Å²) in [6, 6.07) is 10.1. The van der Waals surface area contributed by atoms with Crippen LogP contribution in [0.3, 0.4) is 0 Å². The summed E-state index contributed by atoms with van der Waals surface area (Å²) in [4.78, 5) is 2.68. The number of nitrogen functional groups attached to an aromatic ring is 1. The number of hydrogen-bond donors (Lipinski definition) is 2. The number of rotatable bonds is 2. The lowest BCUT2D eigenvalue weighted by atomic mass is 9.96. The molecule has 1 aromatic carbocycles. The Labute approximate surface area is 115 Å². The van der Waals surface area contributed by atoms with Crippen LogP contribution in [0.25, 0.3) is 11.1 Å². The molecule has 2 rings (SSSR count). The molecule has 0 saturated carbocycles. The van der Waals surface area contributed by atoms with Crippen molar-refractivity contribution < 1.29 is 14.8 Å². The van der Waals surface area contributed by atoms with E-state index in [9.17, 15) is 15.6 Å². The van der Waals surface area contributed by atoms with Gasteiger partial charge in [-0.15, -0.1) is 0 Å².